The van der Waals surface area contributed by atoms with Gasteiger partial charge in [0.1, 0.15) is 22.8 Å². The molecule has 4 rings (SSSR count). The summed E-state index contributed by atoms with van der Waals surface area (Å²) >= 11 is 0. The van der Waals surface area contributed by atoms with E-state index in [4.69, 9.17) is 10.5 Å². The molecule has 2 aromatic carbocycles. The van der Waals surface area contributed by atoms with Crippen LogP contribution in [0.25, 0.3) is 5.76 Å². The molecule has 0 heterocycles. The second-order valence-electron chi connectivity index (χ2n) is 9.76. The molecule has 0 aliphatic heterocycles. The smallest absolute Gasteiger partial charge is 0.256 e. The SMILES string of the molecule is CCCCOc1c(C(N)=O)c(O)c2c(c1N(C)C)CC1Cc3c(N(C)C)ccc(O)c3C(O)=C1C2=O. The highest BCUT2D eigenvalue weighted by atomic mass is 16.5. The lowest BCUT2D eigenvalue weighted by Gasteiger charge is -2.36. The van der Waals surface area contributed by atoms with Gasteiger partial charge in [-0.15, -0.1) is 0 Å². The molecule has 192 valence electrons. The number of ether oxygens (including phenoxy) is 1. The van der Waals surface area contributed by atoms with Crippen LogP contribution in [0.5, 0.6) is 17.2 Å². The lowest BCUT2D eigenvalue weighted by atomic mass is 9.70. The number of carbonyl (C=O) groups is 2. The molecule has 0 radical (unpaired) electrons. The van der Waals surface area contributed by atoms with Crippen molar-refractivity contribution in [3.8, 4) is 17.2 Å². The van der Waals surface area contributed by atoms with E-state index >= 15 is 0 Å². The summed E-state index contributed by atoms with van der Waals surface area (Å²) in [6.45, 7) is 2.33. The van der Waals surface area contributed by atoms with Crippen LogP contribution < -0.4 is 20.3 Å². The van der Waals surface area contributed by atoms with Gasteiger partial charge < -0.3 is 35.6 Å². The molecule has 0 fully saturated rings. The molecule has 1 amide bonds. The molecule has 9 nitrogen and oxygen atoms in total. The van der Waals surface area contributed by atoms with Gasteiger partial charge in [0.2, 0.25) is 0 Å². The van der Waals surface area contributed by atoms with Gasteiger partial charge in [-0.3, -0.25) is 9.59 Å². The number of carbonyl (C=O) groups excluding carboxylic acids is 2. The molecule has 5 N–H and O–H groups in total. The van der Waals surface area contributed by atoms with Crippen molar-refractivity contribution in [3.63, 3.8) is 0 Å². The largest absolute Gasteiger partial charge is 0.507 e. The monoisotopic (exact) mass is 495 g/mol. The van der Waals surface area contributed by atoms with Crippen LogP contribution in [0.1, 0.15) is 57.2 Å². The summed E-state index contributed by atoms with van der Waals surface area (Å²) in [6.07, 6.45) is 2.32. The quantitative estimate of drug-likeness (QED) is 0.429. The van der Waals surface area contributed by atoms with Crippen LogP contribution in [0.4, 0.5) is 11.4 Å². The number of fused-ring (bicyclic) bond motifs is 3. The summed E-state index contributed by atoms with van der Waals surface area (Å²) < 4.78 is 5.98. The van der Waals surface area contributed by atoms with E-state index < -0.39 is 23.4 Å². The average Bonchev–Trinajstić information content (AvgIpc) is 2.78. The fraction of sp³-hybridized carbons (Fsp3) is 0.407. The number of phenolic OH excluding ortho intramolecular Hbond substituents is 1. The van der Waals surface area contributed by atoms with Gasteiger partial charge in [0.05, 0.1) is 23.4 Å². The van der Waals surface area contributed by atoms with Gasteiger partial charge in [-0.25, -0.2) is 0 Å². The number of nitrogens with two attached hydrogens (primary N) is 1. The average molecular weight is 496 g/mol. The summed E-state index contributed by atoms with van der Waals surface area (Å²) in [7, 11) is 7.29. The lowest BCUT2D eigenvalue weighted by molar-refractivity contribution is 0.0993. The van der Waals surface area contributed by atoms with Crippen molar-refractivity contribution in [1.29, 1.82) is 0 Å². The summed E-state index contributed by atoms with van der Waals surface area (Å²) in [6, 6.07) is 3.26. The van der Waals surface area contributed by atoms with Crippen LogP contribution in [-0.2, 0) is 12.8 Å². The fourth-order valence-corrected chi connectivity index (χ4v) is 5.39. The summed E-state index contributed by atoms with van der Waals surface area (Å²) in [4.78, 5) is 30.0. The molecule has 2 aliphatic rings. The van der Waals surface area contributed by atoms with E-state index in [9.17, 15) is 24.9 Å². The van der Waals surface area contributed by atoms with Crippen molar-refractivity contribution in [3.05, 3.63) is 45.5 Å². The van der Waals surface area contributed by atoms with E-state index in [-0.39, 0.29) is 39.5 Å². The standard InChI is InChI=1S/C27H33N3O6/c1-6-7-10-36-26-21(27(28)35)25(34)20-15(22(26)30(4)5)12-13-11-14-16(29(2)3)8-9-17(31)19(14)23(32)18(13)24(20)33/h8-9,13,31-32,34H,6-7,10-12H2,1-5H3,(H2,28,35). The molecule has 0 bridgehead atoms. The molecule has 0 saturated heterocycles. The summed E-state index contributed by atoms with van der Waals surface area (Å²) in [5.74, 6) is -2.75. The van der Waals surface area contributed by atoms with E-state index in [0.717, 1.165) is 24.1 Å². The molecule has 9 heteroatoms. The Labute approximate surface area is 210 Å². The van der Waals surface area contributed by atoms with E-state index in [2.05, 4.69) is 0 Å². The highest BCUT2D eigenvalue weighted by Crippen LogP contribution is 2.52. The number of aliphatic hydroxyl groups excluding tert-OH is 1. The second kappa shape index (κ2) is 9.29. The van der Waals surface area contributed by atoms with Gasteiger partial charge in [0, 0.05) is 39.5 Å². The number of nitrogens with zero attached hydrogens (tertiary/aromatic N) is 2. The van der Waals surface area contributed by atoms with Gasteiger partial charge >= 0.3 is 0 Å². The number of allylic oxidation sites excluding steroid dienone is 1. The Morgan fingerprint density at radius 2 is 1.72 bits per heavy atom. The topological polar surface area (TPSA) is 137 Å². The van der Waals surface area contributed by atoms with Crippen molar-refractivity contribution in [2.45, 2.75) is 32.6 Å². The zero-order chi connectivity index (χ0) is 26.5. The zero-order valence-corrected chi connectivity index (χ0v) is 21.3. The number of rotatable bonds is 7. The fourth-order valence-electron chi connectivity index (χ4n) is 5.39. The van der Waals surface area contributed by atoms with Gasteiger partial charge in [0.25, 0.3) is 5.91 Å². The van der Waals surface area contributed by atoms with Crippen LogP contribution in [0.15, 0.2) is 17.7 Å². The zero-order valence-electron chi connectivity index (χ0n) is 21.3. The molecular weight excluding hydrogens is 462 g/mol. The number of phenols is 2. The van der Waals surface area contributed by atoms with Crippen LogP contribution in [0.3, 0.4) is 0 Å². The molecule has 0 saturated carbocycles. The molecule has 0 spiro atoms. The van der Waals surface area contributed by atoms with Gasteiger partial charge in [-0.05, 0) is 48.4 Å². The van der Waals surface area contributed by atoms with Crippen molar-refractivity contribution in [2.75, 3.05) is 44.6 Å². The lowest BCUT2D eigenvalue weighted by Crippen LogP contribution is -2.32. The van der Waals surface area contributed by atoms with Crippen LogP contribution in [0, 0.1) is 5.92 Å². The molecule has 1 atom stereocenters. The molecule has 1 unspecified atom stereocenters. The predicted octanol–water partition coefficient (Wildman–Crippen LogP) is 3.39. The van der Waals surface area contributed by atoms with Gasteiger partial charge in [0.15, 0.2) is 11.5 Å². The number of hydrogen-bond donors (Lipinski definition) is 4. The Morgan fingerprint density at radius 1 is 1.06 bits per heavy atom. The third kappa shape index (κ3) is 3.79. The number of aliphatic hydroxyl groups is 1. The minimum absolute atomic E-state index is 0.0696. The van der Waals surface area contributed by atoms with Gasteiger partial charge in [-0.2, -0.15) is 0 Å². The number of hydrogen-bond acceptors (Lipinski definition) is 8. The Balaban J connectivity index is 2.00. The highest BCUT2D eigenvalue weighted by Gasteiger charge is 2.43. The maximum Gasteiger partial charge on any atom is 0.256 e. The molecule has 36 heavy (non-hydrogen) atoms. The minimum Gasteiger partial charge on any atom is -0.507 e. The number of benzene rings is 2. The Kier molecular flexibility index (Phi) is 6.51. The number of anilines is 2. The normalized spacial score (nSPS) is 16.2. The molecule has 0 aromatic heterocycles. The first-order valence-electron chi connectivity index (χ1n) is 12.0. The highest BCUT2D eigenvalue weighted by molar-refractivity contribution is 6.20. The number of unbranched alkanes of at least 4 members (excludes halogenated alkanes) is 1. The van der Waals surface area contributed by atoms with E-state index in [1.165, 1.54) is 6.07 Å². The number of primary amides is 1. The first-order valence-corrected chi connectivity index (χ1v) is 12.0. The Bertz CT molecular complexity index is 1300. The first-order chi connectivity index (χ1) is 17.0. The number of Topliss-reactive ketones (excluding diaryl/α,β-unsaturated/α-hetero) is 1. The minimum atomic E-state index is -0.916. The number of amides is 1. The van der Waals surface area contributed by atoms with Crippen molar-refractivity contribution >= 4 is 28.8 Å². The maximum atomic E-state index is 13.9. The maximum absolute atomic E-state index is 13.9. The second-order valence-corrected chi connectivity index (χ2v) is 9.76. The third-order valence-corrected chi connectivity index (χ3v) is 6.96. The summed E-state index contributed by atoms with van der Waals surface area (Å²) in [5, 5.41) is 33.0. The molecule has 2 aliphatic carbocycles. The first kappa shape index (κ1) is 25.2. The van der Waals surface area contributed by atoms with Gasteiger partial charge in [-0.1, -0.05) is 13.3 Å². The van der Waals surface area contributed by atoms with Crippen molar-refractivity contribution in [2.24, 2.45) is 11.7 Å². The van der Waals surface area contributed by atoms with E-state index in [1.54, 1.807) is 25.1 Å². The Hall–Kier alpha value is -3.88. The Morgan fingerprint density at radius 3 is 2.31 bits per heavy atom. The van der Waals surface area contributed by atoms with Crippen LogP contribution in [-0.4, -0.2) is 61.8 Å². The summed E-state index contributed by atoms with van der Waals surface area (Å²) in [5.41, 5.74) is 8.26. The molecular formula is C27H33N3O6. The number of ketones is 1. The number of aromatic hydroxyl groups is 2. The predicted molar refractivity (Wildman–Crippen MR) is 139 cm³/mol. The van der Waals surface area contributed by atoms with Crippen LogP contribution >= 0.6 is 0 Å². The van der Waals surface area contributed by atoms with Crippen molar-refractivity contribution < 1.29 is 29.6 Å². The molecule has 2 aromatic rings. The van der Waals surface area contributed by atoms with Crippen molar-refractivity contribution in [1.82, 2.24) is 0 Å². The third-order valence-electron chi connectivity index (χ3n) is 6.96. The van der Waals surface area contributed by atoms with Crippen LogP contribution in [0.2, 0.25) is 0 Å². The van der Waals surface area contributed by atoms with E-state index in [0.29, 0.717) is 30.7 Å². The van der Waals surface area contributed by atoms with E-state index in [1.807, 2.05) is 25.9 Å².